The van der Waals surface area contributed by atoms with Crippen molar-refractivity contribution in [3.05, 3.63) is 0 Å². The zero-order chi connectivity index (χ0) is 8.10. The molecule has 0 saturated carbocycles. The molecule has 0 bridgehead atoms. The first-order valence-electron chi connectivity index (χ1n) is 4.60. The van der Waals surface area contributed by atoms with E-state index in [0.29, 0.717) is 6.10 Å². The van der Waals surface area contributed by atoms with E-state index in [0.717, 1.165) is 12.5 Å². The van der Waals surface area contributed by atoms with Gasteiger partial charge in [0, 0.05) is 13.7 Å². The molecule has 11 heavy (non-hydrogen) atoms. The summed E-state index contributed by atoms with van der Waals surface area (Å²) in [5, 5.41) is 3.40. The molecular weight excluding hydrogens is 138 g/mol. The van der Waals surface area contributed by atoms with Crippen LogP contribution in [0.1, 0.15) is 26.2 Å². The van der Waals surface area contributed by atoms with Crippen molar-refractivity contribution in [3.8, 4) is 0 Å². The Hall–Kier alpha value is -0.0800. The van der Waals surface area contributed by atoms with E-state index in [1.54, 1.807) is 7.11 Å². The maximum Gasteiger partial charge on any atom is 0.0698 e. The monoisotopic (exact) mass is 157 g/mol. The number of ether oxygens (including phenoxy) is 1. The predicted octanol–water partition coefficient (Wildman–Crippen LogP) is 1.41. The van der Waals surface area contributed by atoms with Crippen LogP contribution in [-0.2, 0) is 4.74 Å². The summed E-state index contributed by atoms with van der Waals surface area (Å²) in [6, 6.07) is 0. The Balaban J connectivity index is 2.21. The summed E-state index contributed by atoms with van der Waals surface area (Å²) in [6.45, 7) is 4.47. The molecule has 1 heterocycles. The standard InChI is InChI=1S/C9H19NO/c1-3-4-8-5-9(11-2)7-10-6-8/h8-10H,3-7H2,1-2H3. The third-order valence-corrected chi connectivity index (χ3v) is 2.43. The minimum Gasteiger partial charge on any atom is -0.380 e. The zero-order valence-electron chi connectivity index (χ0n) is 7.60. The van der Waals surface area contributed by atoms with Crippen LogP contribution >= 0.6 is 0 Å². The van der Waals surface area contributed by atoms with E-state index in [2.05, 4.69) is 12.2 Å². The average Bonchev–Trinajstić information content (AvgIpc) is 2.06. The fourth-order valence-electron chi connectivity index (χ4n) is 1.79. The lowest BCUT2D eigenvalue weighted by molar-refractivity contribution is 0.0598. The summed E-state index contributed by atoms with van der Waals surface area (Å²) in [5.41, 5.74) is 0. The van der Waals surface area contributed by atoms with Crippen LogP contribution in [0.3, 0.4) is 0 Å². The second-order valence-corrected chi connectivity index (χ2v) is 3.41. The highest BCUT2D eigenvalue weighted by atomic mass is 16.5. The third-order valence-electron chi connectivity index (χ3n) is 2.43. The lowest BCUT2D eigenvalue weighted by Crippen LogP contribution is -2.40. The van der Waals surface area contributed by atoms with Crippen LogP contribution in [0.25, 0.3) is 0 Å². The van der Waals surface area contributed by atoms with Gasteiger partial charge in [0.05, 0.1) is 6.10 Å². The van der Waals surface area contributed by atoms with Crippen molar-refractivity contribution in [1.29, 1.82) is 0 Å². The summed E-state index contributed by atoms with van der Waals surface area (Å²) in [7, 11) is 1.81. The quantitative estimate of drug-likeness (QED) is 0.669. The first-order chi connectivity index (χ1) is 5.36. The Bertz CT molecular complexity index is 104. The van der Waals surface area contributed by atoms with Gasteiger partial charge in [-0.3, -0.25) is 0 Å². The fraction of sp³-hybridized carbons (Fsp3) is 1.00. The summed E-state index contributed by atoms with van der Waals surface area (Å²) >= 11 is 0. The van der Waals surface area contributed by atoms with Crippen LogP contribution in [0.15, 0.2) is 0 Å². The first kappa shape index (κ1) is 9.01. The SMILES string of the molecule is CCCC1CNCC(OC)C1. The largest absolute Gasteiger partial charge is 0.380 e. The maximum atomic E-state index is 5.31. The zero-order valence-corrected chi connectivity index (χ0v) is 7.60. The van der Waals surface area contributed by atoms with Crippen LogP contribution in [0.2, 0.25) is 0 Å². The number of methoxy groups -OCH3 is 1. The molecule has 0 aliphatic carbocycles. The molecule has 0 aromatic heterocycles. The highest BCUT2D eigenvalue weighted by Crippen LogP contribution is 2.17. The number of nitrogens with one attached hydrogen (secondary N) is 1. The molecule has 2 heteroatoms. The predicted molar refractivity (Wildman–Crippen MR) is 46.7 cm³/mol. The summed E-state index contributed by atoms with van der Waals surface area (Å²) < 4.78 is 5.31. The molecule has 1 N–H and O–H groups in total. The van der Waals surface area contributed by atoms with Gasteiger partial charge in [-0.1, -0.05) is 13.3 Å². The van der Waals surface area contributed by atoms with Crippen molar-refractivity contribution in [2.24, 2.45) is 5.92 Å². The Labute approximate surface area is 69.3 Å². The normalized spacial score (nSPS) is 32.2. The smallest absolute Gasteiger partial charge is 0.0698 e. The van der Waals surface area contributed by atoms with Crippen LogP contribution < -0.4 is 5.32 Å². The van der Waals surface area contributed by atoms with Crippen molar-refractivity contribution < 1.29 is 4.74 Å². The number of rotatable bonds is 3. The van der Waals surface area contributed by atoms with E-state index >= 15 is 0 Å². The van der Waals surface area contributed by atoms with Gasteiger partial charge in [-0.25, -0.2) is 0 Å². The van der Waals surface area contributed by atoms with Crippen molar-refractivity contribution in [2.75, 3.05) is 20.2 Å². The molecule has 1 aliphatic rings. The van der Waals surface area contributed by atoms with Gasteiger partial charge < -0.3 is 10.1 Å². The third kappa shape index (κ3) is 2.80. The van der Waals surface area contributed by atoms with Gasteiger partial charge in [0.2, 0.25) is 0 Å². The highest BCUT2D eigenvalue weighted by molar-refractivity contribution is 4.75. The van der Waals surface area contributed by atoms with E-state index < -0.39 is 0 Å². The van der Waals surface area contributed by atoms with Crippen molar-refractivity contribution >= 4 is 0 Å². The van der Waals surface area contributed by atoms with Gasteiger partial charge in [-0.15, -0.1) is 0 Å². The van der Waals surface area contributed by atoms with Crippen molar-refractivity contribution in [3.63, 3.8) is 0 Å². The first-order valence-corrected chi connectivity index (χ1v) is 4.60. The minimum atomic E-state index is 0.459. The van der Waals surface area contributed by atoms with Crippen LogP contribution in [0, 0.1) is 5.92 Å². The maximum absolute atomic E-state index is 5.31. The van der Waals surface area contributed by atoms with E-state index in [9.17, 15) is 0 Å². The van der Waals surface area contributed by atoms with E-state index in [1.807, 2.05) is 0 Å². The summed E-state index contributed by atoms with van der Waals surface area (Å²) in [5.74, 6) is 0.846. The van der Waals surface area contributed by atoms with Gasteiger partial charge in [0.15, 0.2) is 0 Å². The van der Waals surface area contributed by atoms with Gasteiger partial charge in [0.25, 0.3) is 0 Å². The molecule has 2 atom stereocenters. The molecule has 0 radical (unpaired) electrons. The Morgan fingerprint density at radius 2 is 2.27 bits per heavy atom. The molecule has 1 rings (SSSR count). The van der Waals surface area contributed by atoms with Gasteiger partial charge in [-0.2, -0.15) is 0 Å². The molecule has 1 fully saturated rings. The molecular formula is C9H19NO. The van der Waals surface area contributed by atoms with Crippen LogP contribution in [0.4, 0.5) is 0 Å². The Morgan fingerprint density at radius 1 is 1.45 bits per heavy atom. The minimum absolute atomic E-state index is 0.459. The van der Waals surface area contributed by atoms with E-state index in [1.165, 1.54) is 25.8 Å². The average molecular weight is 157 g/mol. The topological polar surface area (TPSA) is 21.3 Å². The Morgan fingerprint density at radius 3 is 2.91 bits per heavy atom. The van der Waals surface area contributed by atoms with Gasteiger partial charge >= 0.3 is 0 Å². The number of hydrogen-bond donors (Lipinski definition) is 1. The number of hydrogen-bond acceptors (Lipinski definition) is 2. The molecule has 0 spiro atoms. The van der Waals surface area contributed by atoms with Gasteiger partial charge in [0.1, 0.15) is 0 Å². The summed E-state index contributed by atoms with van der Waals surface area (Å²) in [4.78, 5) is 0. The molecule has 2 unspecified atom stereocenters. The van der Waals surface area contributed by atoms with Crippen molar-refractivity contribution in [1.82, 2.24) is 5.32 Å². The molecule has 0 aromatic carbocycles. The van der Waals surface area contributed by atoms with Crippen LogP contribution in [0.5, 0.6) is 0 Å². The molecule has 66 valence electrons. The summed E-state index contributed by atoms with van der Waals surface area (Å²) in [6.07, 6.45) is 4.34. The Kier molecular flexibility index (Phi) is 3.87. The molecule has 0 aromatic rings. The molecule has 0 amide bonds. The van der Waals surface area contributed by atoms with E-state index in [-0.39, 0.29) is 0 Å². The second-order valence-electron chi connectivity index (χ2n) is 3.41. The lowest BCUT2D eigenvalue weighted by Gasteiger charge is -2.28. The molecule has 1 saturated heterocycles. The number of piperidine rings is 1. The van der Waals surface area contributed by atoms with Gasteiger partial charge in [-0.05, 0) is 25.3 Å². The van der Waals surface area contributed by atoms with E-state index in [4.69, 9.17) is 4.74 Å². The second kappa shape index (κ2) is 4.73. The van der Waals surface area contributed by atoms with Crippen molar-refractivity contribution in [2.45, 2.75) is 32.3 Å². The molecule has 1 aliphatic heterocycles. The lowest BCUT2D eigenvalue weighted by atomic mass is 9.93. The fourth-order valence-corrected chi connectivity index (χ4v) is 1.79. The van der Waals surface area contributed by atoms with Crippen LogP contribution in [-0.4, -0.2) is 26.3 Å². The highest BCUT2D eigenvalue weighted by Gasteiger charge is 2.19. The molecule has 2 nitrogen and oxygen atoms in total.